The summed E-state index contributed by atoms with van der Waals surface area (Å²) in [6.45, 7) is 6.49. The van der Waals surface area contributed by atoms with Gasteiger partial charge in [-0.05, 0) is 29.2 Å². The third kappa shape index (κ3) is 8.54. The molecule has 0 aliphatic carbocycles. The highest BCUT2D eigenvalue weighted by Gasteiger charge is 2.53. The number of ether oxygens (including phenoxy) is 6. The molecule has 10 heteroatoms. The number of benzene rings is 2. The Bertz CT molecular complexity index is 1160. The molecule has 39 heavy (non-hydrogen) atoms. The average molecular weight is 543 g/mol. The van der Waals surface area contributed by atoms with Crippen molar-refractivity contribution in [2.45, 2.75) is 78.2 Å². The molecule has 210 valence electrons. The van der Waals surface area contributed by atoms with Gasteiger partial charge in [-0.1, -0.05) is 49.4 Å². The van der Waals surface area contributed by atoms with Crippen LogP contribution >= 0.6 is 0 Å². The van der Waals surface area contributed by atoms with Crippen molar-refractivity contribution in [3.8, 4) is 5.75 Å². The van der Waals surface area contributed by atoms with E-state index < -0.39 is 54.6 Å². The van der Waals surface area contributed by atoms with Crippen molar-refractivity contribution in [2.75, 3.05) is 6.61 Å². The fourth-order valence-corrected chi connectivity index (χ4v) is 4.29. The SMILES string of the molecule is CCc1ccc(Cc2ccccc2O[C@@H]2O[C@H](COC(C)=O)[C@@H](OC(C)=O)[C@H](OC(C)=O)[C@H]2OC(C)=O)cc1. The molecule has 5 atom stereocenters. The molecule has 1 fully saturated rings. The summed E-state index contributed by atoms with van der Waals surface area (Å²) in [7, 11) is 0. The standard InChI is InChI=1S/C29H34O10/c1-6-21-11-13-22(14-12-21)15-23-9-7-8-10-24(23)38-29-28(37-20(5)33)27(36-19(4)32)26(35-18(3)31)25(39-29)16-34-17(2)30/h7-14,25-29H,6,15-16H2,1-5H3/t25-,26-,27+,28-,29-/m1/s1. The molecule has 0 unspecified atom stereocenters. The number of carbonyl (C=O) groups excluding carboxylic acids is 4. The number of para-hydroxylation sites is 1. The van der Waals surface area contributed by atoms with Crippen LogP contribution in [0, 0.1) is 0 Å². The molecule has 0 radical (unpaired) electrons. The largest absolute Gasteiger partial charge is 0.463 e. The monoisotopic (exact) mass is 542 g/mol. The first kappa shape index (κ1) is 29.6. The quantitative estimate of drug-likeness (QED) is 0.326. The lowest BCUT2D eigenvalue weighted by Gasteiger charge is -2.44. The molecule has 0 N–H and O–H groups in total. The zero-order valence-corrected chi connectivity index (χ0v) is 22.7. The molecule has 0 spiro atoms. The van der Waals surface area contributed by atoms with E-state index in [0.717, 1.165) is 17.5 Å². The van der Waals surface area contributed by atoms with Crippen LogP contribution in [-0.2, 0) is 55.7 Å². The van der Waals surface area contributed by atoms with Gasteiger partial charge in [0.1, 0.15) is 18.5 Å². The zero-order valence-electron chi connectivity index (χ0n) is 22.7. The summed E-state index contributed by atoms with van der Waals surface area (Å²) in [5, 5.41) is 0. The van der Waals surface area contributed by atoms with E-state index in [4.69, 9.17) is 28.4 Å². The van der Waals surface area contributed by atoms with Gasteiger partial charge in [-0.3, -0.25) is 19.2 Å². The van der Waals surface area contributed by atoms with Crippen LogP contribution in [0.25, 0.3) is 0 Å². The molecule has 10 nitrogen and oxygen atoms in total. The number of hydrogen-bond acceptors (Lipinski definition) is 10. The Morgan fingerprint density at radius 1 is 0.718 bits per heavy atom. The average Bonchev–Trinajstić information content (AvgIpc) is 2.87. The van der Waals surface area contributed by atoms with Gasteiger partial charge in [-0.15, -0.1) is 0 Å². The van der Waals surface area contributed by atoms with Crippen LogP contribution in [0.1, 0.15) is 51.3 Å². The van der Waals surface area contributed by atoms with Crippen LogP contribution in [0.3, 0.4) is 0 Å². The van der Waals surface area contributed by atoms with E-state index in [1.807, 2.05) is 24.3 Å². The molecule has 2 aromatic rings. The van der Waals surface area contributed by atoms with Crippen LogP contribution in [-0.4, -0.2) is 61.2 Å². The summed E-state index contributed by atoms with van der Waals surface area (Å²) in [5.74, 6) is -2.26. The van der Waals surface area contributed by atoms with Crippen LogP contribution in [0.5, 0.6) is 5.75 Å². The van der Waals surface area contributed by atoms with Gasteiger partial charge in [0.2, 0.25) is 12.4 Å². The Morgan fingerprint density at radius 2 is 1.28 bits per heavy atom. The highest BCUT2D eigenvalue weighted by molar-refractivity contribution is 5.68. The Labute approximate surface area is 227 Å². The highest BCUT2D eigenvalue weighted by atomic mass is 16.7. The number of aryl methyl sites for hydroxylation is 1. The van der Waals surface area contributed by atoms with E-state index in [1.165, 1.54) is 33.3 Å². The Balaban J connectivity index is 1.97. The predicted octanol–water partition coefficient (Wildman–Crippen LogP) is 3.30. The van der Waals surface area contributed by atoms with E-state index in [1.54, 1.807) is 12.1 Å². The molecule has 1 saturated heterocycles. The van der Waals surface area contributed by atoms with Gasteiger partial charge in [-0.25, -0.2) is 0 Å². The normalized spacial score (nSPS) is 22.3. The van der Waals surface area contributed by atoms with Crippen molar-refractivity contribution < 1.29 is 47.6 Å². The first-order valence-electron chi connectivity index (χ1n) is 12.7. The molecule has 0 bridgehead atoms. The second-order valence-electron chi connectivity index (χ2n) is 9.14. The summed E-state index contributed by atoms with van der Waals surface area (Å²) in [6, 6.07) is 15.5. The van der Waals surface area contributed by atoms with Crippen LogP contribution in [0.15, 0.2) is 48.5 Å². The van der Waals surface area contributed by atoms with Crippen molar-refractivity contribution in [3.63, 3.8) is 0 Å². The van der Waals surface area contributed by atoms with Gasteiger partial charge in [-0.2, -0.15) is 0 Å². The molecule has 3 rings (SSSR count). The minimum absolute atomic E-state index is 0.330. The minimum Gasteiger partial charge on any atom is -0.463 e. The van der Waals surface area contributed by atoms with Gasteiger partial charge in [0, 0.05) is 34.1 Å². The summed E-state index contributed by atoms with van der Waals surface area (Å²) in [4.78, 5) is 47.6. The van der Waals surface area contributed by atoms with Crippen LogP contribution in [0.4, 0.5) is 0 Å². The molecular formula is C29H34O10. The number of rotatable bonds is 10. The molecular weight excluding hydrogens is 508 g/mol. The Hall–Kier alpha value is -3.92. The van der Waals surface area contributed by atoms with Crippen molar-refractivity contribution in [2.24, 2.45) is 0 Å². The van der Waals surface area contributed by atoms with Crippen LogP contribution in [0.2, 0.25) is 0 Å². The number of hydrogen-bond donors (Lipinski definition) is 0. The first-order valence-corrected chi connectivity index (χ1v) is 12.7. The van der Waals surface area contributed by atoms with Crippen molar-refractivity contribution in [1.82, 2.24) is 0 Å². The maximum absolute atomic E-state index is 12.1. The molecule has 0 amide bonds. The molecule has 0 saturated carbocycles. The van der Waals surface area contributed by atoms with Crippen LogP contribution < -0.4 is 4.74 Å². The third-order valence-corrected chi connectivity index (χ3v) is 5.99. The van der Waals surface area contributed by atoms with E-state index >= 15 is 0 Å². The Kier molecular flexibility index (Phi) is 10.4. The zero-order chi connectivity index (χ0) is 28.5. The lowest BCUT2D eigenvalue weighted by Crippen LogP contribution is -2.63. The van der Waals surface area contributed by atoms with E-state index in [0.29, 0.717) is 12.2 Å². The summed E-state index contributed by atoms with van der Waals surface area (Å²) < 4.78 is 33.8. The van der Waals surface area contributed by atoms with Gasteiger partial charge < -0.3 is 28.4 Å². The predicted molar refractivity (Wildman–Crippen MR) is 138 cm³/mol. The topological polar surface area (TPSA) is 124 Å². The molecule has 1 heterocycles. The second kappa shape index (κ2) is 13.7. The molecule has 2 aromatic carbocycles. The summed E-state index contributed by atoms with van der Waals surface area (Å²) in [6.07, 6.45) is -4.76. The van der Waals surface area contributed by atoms with Gasteiger partial charge in [0.25, 0.3) is 0 Å². The van der Waals surface area contributed by atoms with Gasteiger partial charge in [0.15, 0.2) is 12.2 Å². The fraction of sp³-hybridized carbons (Fsp3) is 0.448. The maximum Gasteiger partial charge on any atom is 0.303 e. The number of esters is 4. The van der Waals surface area contributed by atoms with Crippen molar-refractivity contribution in [3.05, 3.63) is 65.2 Å². The first-order chi connectivity index (χ1) is 18.6. The fourth-order valence-electron chi connectivity index (χ4n) is 4.29. The molecule has 1 aliphatic rings. The maximum atomic E-state index is 12.1. The van der Waals surface area contributed by atoms with Crippen molar-refractivity contribution in [1.29, 1.82) is 0 Å². The van der Waals surface area contributed by atoms with E-state index in [-0.39, 0.29) is 6.61 Å². The Morgan fingerprint density at radius 3 is 1.87 bits per heavy atom. The van der Waals surface area contributed by atoms with Crippen molar-refractivity contribution >= 4 is 23.9 Å². The number of carbonyl (C=O) groups is 4. The summed E-state index contributed by atoms with van der Waals surface area (Å²) in [5.41, 5.74) is 3.11. The van der Waals surface area contributed by atoms with Gasteiger partial charge >= 0.3 is 23.9 Å². The van der Waals surface area contributed by atoms with Gasteiger partial charge in [0.05, 0.1) is 0 Å². The second-order valence-corrected chi connectivity index (χ2v) is 9.14. The van der Waals surface area contributed by atoms with E-state index in [9.17, 15) is 19.2 Å². The molecule has 1 aliphatic heterocycles. The minimum atomic E-state index is -1.30. The lowest BCUT2D eigenvalue weighted by molar-refractivity contribution is -0.288. The smallest absolute Gasteiger partial charge is 0.303 e. The third-order valence-electron chi connectivity index (χ3n) is 5.99. The summed E-state index contributed by atoms with van der Waals surface area (Å²) >= 11 is 0. The van der Waals surface area contributed by atoms with E-state index in [2.05, 4.69) is 19.1 Å². The highest BCUT2D eigenvalue weighted by Crippen LogP contribution is 2.32. The molecule has 0 aromatic heterocycles. The lowest BCUT2D eigenvalue weighted by atomic mass is 9.98.